The van der Waals surface area contributed by atoms with Crippen LogP contribution in [0.4, 0.5) is 11.4 Å². The minimum atomic E-state index is -3.94. The molecule has 0 aromatic heterocycles. The molecule has 1 N–H and O–H groups in total. The second-order valence-electron chi connectivity index (χ2n) is 5.79. The number of benzene rings is 2. The summed E-state index contributed by atoms with van der Waals surface area (Å²) in [5.41, 5.74) is 1.53. The van der Waals surface area contributed by atoms with Gasteiger partial charge >= 0.3 is 0 Å². The fraction of sp³-hybridized carbons (Fsp3) is 0.235. The minimum absolute atomic E-state index is 0.0431. The van der Waals surface area contributed by atoms with Crippen LogP contribution in [0.1, 0.15) is 12.5 Å². The molecule has 0 aliphatic carbocycles. The summed E-state index contributed by atoms with van der Waals surface area (Å²) < 4.78 is 34.2. The highest BCUT2D eigenvalue weighted by Crippen LogP contribution is 2.38. The largest absolute Gasteiger partial charge is 0.495 e. The zero-order valence-electron chi connectivity index (χ0n) is 14.0. The highest BCUT2D eigenvalue weighted by Gasteiger charge is 2.31. The third kappa shape index (κ3) is 3.54. The molecule has 138 valence electrons. The molecule has 0 saturated carbocycles. The van der Waals surface area contributed by atoms with E-state index in [1.165, 1.54) is 31.1 Å². The summed E-state index contributed by atoms with van der Waals surface area (Å²) in [7, 11) is -2.46. The van der Waals surface area contributed by atoms with Gasteiger partial charge in [-0.1, -0.05) is 27.5 Å². The Hall–Kier alpha value is -1.77. The van der Waals surface area contributed by atoms with Crippen molar-refractivity contribution < 1.29 is 17.9 Å². The Balaban J connectivity index is 2.05. The molecule has 0 fully saturated rings. The number of fused-ring (bicyclic) bond motifs is 1. The van der Waals surface area contributed by atoms with Crippen molar-refractivity contribution in [1.82, 2.24) is 0 Å². The lowest BCUT2D eigenvalue weighted by molar-refractivity contribution is -0.116. The number of rotatable bonds is 4. The molecular weight excluding hydrogens is 444 g/mol. The first-order valence-electron chi connectivity index (χ1n) is 7.70. The third-order valence-corrected chi connectivity index (χ3v) is 6.21. The van der Waals surface area contributed by atoms with Crippen molar-refractivity contribution in [2.24, 2.45) is 0 Å². The summed E-state index contributed by atoms with van der Waals surface area (Å²) in [6.45, 7) is 1.88. The first kappa shape index (κ1) is 19.0. The summed E-state index contributed by atoms with van der Waals surface area (Å²) in [4.78, 5) is 13.4. The fourth-order valence-corrected chi connectivity index (χ4v) is 5.17. The molecule has 1 aliphatic rings. The van der Waals surface area contributed by atoms with E-state index in [1.807, 2.05) is 6.07 Å². The molecule has 0 bridgehead atoms. The van der Waals surface area contributed by atoms with E-state index in [0.29, 0.717) is 34.6 Å². The molecule has 2 aromatic rings. The molecule has 6 nitrogen and oxygen atoms in total. The molecule has 0 spiro atoms. The van der Waals surface area contributed by atoms with E-state index >= 15 is 0 Å². The van der Waals surface area contributed by atoms with Gasteiger partial charge in [-0.05, 0) is 42.3 Å². The van der Waals surface area contributed by atoms with Crippen molar-refractivity contribution in [2.45, 2.75) is 18.2 Å². The van der Waals surface area contributed by atoms with Gasteiger partial charge in [0.2, 0.25) is 5.91 Å². The van der Waals surface area contributed by atoms with Crippen LogP contribution in [0.2, 0.25) is 5.02 Å². The van der Waals surface area contributed by atoms with Gasteiger partial charge in [0.15, 0.2) is 0 Å². The molecule has 0 unspecified atom stereocenters. The van der Waals surface area contributed by atoms with Crippen LogP contribution in [-0.4, -0.2) is 28.0 Å². The number of hydrogen-bond donors (Lipinski definition) is 1. The van der Waals surface area contributed by atoms with Crippen molar-refractivity contribution in [3.63, 3.8) is 0 Å². The smallest absolute Gasteiger partial charge is 0.264 e. The zero-order valence-corrected chi connectivity index (χ0v) is 17.2. The minimum Gasteiger partial charge on any atom is -0.495 e. The summed E-state index contributed by atoms with van der Waals surface area (Å²) in [5, 5.41) is 0.289. The molecule has 9 heteroatoms. The van der Waals surface area contributed by atoms with Crippen molar-refractivity contribution in [2.75, 3.05) is 23.3 Å². The monoisotopic (exact) mass is 458 g/mol. The SMILES string of the molecule is COc1ccc(NS(=O)(=O)c2cc(Br)cc3c2N(C(C)=O)CC3)cc1Cl. The topological polar surface area (TPSA) is 75.7 Å². The van der Waals surface area contributed by atoms with Crippen LogP contribution in [0, 0.1) is 0 Å². The predicted octanol–water partition coefficient (Wildman–Crippen LogP) is 3.82. The van der Waals surface area contributed by atoms with Crippen LogP contribution in [0.3, 0.4) is 0 Å². The van der Waals surface area contributed by atoms with Gasteiger partial charge in [-0.25, -0.2) is 8.42 Å². The Morgan fingerprint density at radius 2 is 2.04 bits per heavy atom. The number of sulfonamides is 1. The number of nitrogens with zero attached hydrogens (tertiary/aromatic N) is 1. The molecule has 3 rings (SSSR count). The van der Waals surface area contributed by atoms with E-state index in [0.717, 1.165) is 5.56 Å². The molecule has 2 aromatic carbocycles. The highest BCUT2D eigenvalue weighted by atomic mass is 79.9. The maximum atomic E-state index is 13.0. The first-order chi connectivity index (χ1) is 12.2. The molecular formula is C17H16BrClN2O4S. The Bertz CT molecular complexity index is 994. The lowest BCUT2D eigenvalue weighted by Crippen LogP contribution is -2.28. The Morgan fingerprint density at radius 1 is 1.31 bits per heavy atom. The van der Waals surface area contributed by atoms with Crippen LogP contribution in [0.15, 0.2) is 39.7 Å². The number of nitrogens with one attached hydrogen (secondary N) is 1. The normalized spacial score (nSPS) is 13.5. The van der Waals surface area contributed by atoms with Gasteiger partial charge in [0.25, 0.3) is 10.0 Å². The van der Waals surface area contributed by atoms with Gasteiger partial charge < -0.3 is 9.64 Å². The molecule has 0 atom stereocenters. The number of ether oxygens (including phenoxy) is 1. The lowest BCUT2D eigenvalue weighted by Gasteiger charge is -2.19. The van der Waals surface area contributed by atoms with Crippen LogP contribution in [-0.2, 0) is 21.2 Å². The van der Waals surface area contributed by atoms with Crippen LogP contribution >= 0.6 is 27.5 Å². The number of carbonyl (C=O) groups is 1. The lowest BCUT2D eigenvalue weighted by atomic mass is 10.2. The fourth-order valence-electron chi connectivity index (χ4n) is 2.93. The van der Waals surface area contributed by atoms with Gasteiger partial charge in [-0.15, -0.1) is 0 Å². The average molecular weight is 460 g/mol. The van der Waals surface area contributed by atoms with Crippen LogP contribution in [0.5, 0.6) is 5.75 Å². The number of halogens is 2. The number of anilines is 2. The highest BCUT2D eigenvalue weighted by molar-refractivity contribution is 9.10. The molecule has 1 aliphatic heterocycles. The van der Waals surface area contributed by atoms with E-state index in [1.54, 1.807) is 12.1 Å². The maximum absolute atomic E-state index is 13.0. The Labute approximate surface area is 165 Å². The summed E-state index contributed by atoms with van der Waals surface area (Å²) in [5.74, 6) is 0.246. The van der Waals surface area contributed by atoms with Crippen LogP contribution < -0.4 is 14.4 Å². The van der Waals surface area contributed by atoms with Crippen molar-refractivity contribution in [3.05, 3.63) is 45.4 Å². The molecule has 1 amide bonds. The Kier molecular flexibility index (Phi) is 5.18. The van der Waals surface area contributed by atoms with E-state index in [-0.39, 0.29) is 15.8 Å². The molecule has 0 radical (unpaired) electrons. The zero-order chi connectivity index (χ0) is 19.1. The quantitative estimate of drug-likeness (QED) is 0.754. The second kappa shape index (κ2) is 7.09. The number of methoxy groups -OCH3 is 1. The molecule has 0 saturated heterocycles. The van der Waals surface area contributed by atoms with E-state index in [2.05, 4.69) is 20.7 Å². The van der Waals surface area contributed by atoms with Gasteiger partial charge in [0.05, 0.1) is 23.5 Å². The Morgan fingerprint density at radius 3 is 2.65 bits per heavy atom. The third-order valence-electron chi connectivity index (χ3n) is 4.07. The van der Waals surface area contributed by atoms with Gasteiger partial charge in [-0.3, -0.25) is 9.52 Å². The van der Waals surface area contributed by atoms with Gasteiger partial charge in [0.1, 0.15) is 10.6 Å². The van der Waals surface area contributed by atoms with Crippen molar-refractivity contribution >= 4 is 54.8 Å². The summed E-state index contributed by atoms with van der Waals surface area (Å²) >= 11 is 9.42. The maximum Gasteiger partial charge on any atom is 0.264 e. The van der Waals surface area contributed by atoms with Gasteiger partial charge in [-0.2, -0.15) is 0 Å². The summed E-state index contributed by atoms with van der Waals surface area (Å²) in [6.07, 6.45) is 0.602. The van der Waals surface area contributed by atoms with Gasteiger partial charge in [0, 0.05) is 17.9 Å². The number of amides is 1. The van der Waals surface area contributed by atoms with Crippen molar-refractivity contribution in [3.8, 4) is 5.75 Å². The predicted molar refractivity (Wildman–Crippen MR) is 105 cm³/mol. The number of hydrogen-bond acceptors (Lipinski definition) is 4. The summed E-state index contributed by atoms with van der Waals surface area (Å²) in [6, 6.07) is 7.94. The van der Waals surface area contributed by atoms with Crippen LogP contribution in [0.25, 0.3) is 0 Å². The van der Waals surface area contributed by atoms with E-state index in [9.17, 15) is 13.2 Å². The average Bonchev–Trinajstić information content (AvgIpc) is 2.97. The molecule has 1 heterocycles. The van der Waals surface area contributed by atoms with E-state index in [4.69, 9.17) is 16.3 Å². The first-order valence-corrected chi connectivity index (χ1v) is 10.3. The molecule has 26 heavy (non-hydrogen) atoms. The number of carbonyl (C=O) groups excluding carboxylic acids is 1. The van der Waals surface area contributed by atoms with Crippen molar-refractivity contribution in [1.29, 1.82) is 0 Å². The van der Waals surface area contributed by atoms with E-state index < -0.39 is 10.0 Å². The second-order valence-corrected chi connectivity index (χ2v) is 8.76. The standard InChI is InChI=1S/C17H16BrClN2O4S/c1-10(22)21-6-5-11-7-12(18)8-16(17(11)21)26(23,24)20-13-3-4-15(25-2)14(19)9-13/h3-4,7-9,20H,5-6H2,1-2H3.